The molecule has 0 spiro atoms. The molecule has 7 nitrogen and oxygen atoms in total. The number of aromatic nitrogens is 3. The topological polar surface area (TPSA) is 98.0 Å². The van der Waals surface area contributed by atoms with E-state index in [2.05, 4.69) is 15.5 Å². The molecule has 0 atom stereocenters. The lowest BCUT2D eigenvalue weighted by Gasteiger charge is -2.05. The quantitative estimate of drug-likeness (QED) is 0.471. The first-order valence-electron chi connectivity index (χ1n) is 4.81. The second-order valence-electron chi connectivity index (χ2n) is 3.13. The number of carbonyl (C=O) groups excluding carboxylic acids is 1. The number of anilines is 1. The summed E-state index contributed by atoms with van der Waals surface area (Å²) in [4.78, 5) is 11.4. The van der Waals surface area contributed by atoms with Crippen LogP contribution in [0.4, 0.5) is 5.95 Å². The molecule has 0 radical (unpaired) electrons. The van der Waals surface area contributed by atoms with Crippen LogP contribution in [0.25, 0.3) is 0 Å². The summed E-state index contributed by atoms with van der Waals surface area (Å²) in [6.07, 6.45) is 0.307. The summed E-state index contributed by atoms with van der Waals surface area (Å²) in [6, 6.07) is 0. The van der Waals surface area contributed by atoms with Crippen LogP contribution in [0.15, 0.2) is 0 Å². The van der Waals surface area contributed by atoms with Gasteiger partial charge in [-0.05, 0) is 12.2 Å². The lowest BCUT2D eigenvalue weighted by Crippen LogP contribution is -2.27. The molecule has 0 aliphatic heterocycles. The molecule has 4 N–H and O–H groups in total. The van der Waals surface area contributed by atoms with E-state index in [1.807, 2.05) is 0 Å². The fraction of sp³-hybridized carbons (Fsp3) is 0.625. The van der Waals surface area contributed by atoms with Gasteiger partial charge >= 0.3 is 0 Å². The SMILES string of the molecule is COCCNC(=O)CCn1c(N)n[nH]c1=S. The highest BCUT2D eigenvalue weighted by atomic mass is 32.1. The summed E-state index contributed by atoms with van der Waals surface area (Å²) in [5.41, 5.74) is 5.55. The van der Waals surface area contributed by atoms with Crippen molar-refractivity contribution in [3.05, 3.63) is 4.77 Å². The minimum Gasteiger partial charge on any atom is -0.383 e. The van der Waals surface area contributed by atoms with E-state index in [1.165, 1.54) is 0 Å². The van der Waals surface area contributed by atoms with E-state index in [-0.39, 0.29) is 11.9 Å². The molecule has 0 aliphatic carbocycles. The predicted octanol–water partition coefficient (Wildman–Crippen LogP) is -0.324. The number of nitrogens with zero attached hydrogens (tertiary/aromatic N) is 2. The minimum atomic E-state index is -0.0699. The highest BCUT2D eigenvalue weighted by Crippen LogP contribution is 2.00. The largest absolute Gasteiger partial charge is 0.383 e. The van der Waals surface area contributed by atoms with Crippen LogP contribution in [-0.4, -0.2) is 40.9 Å². The van der Waals surface area contributed by atoms with Crippen molar-refractivity contribution >= 4 is 24.1 Å². The third-order valence-electron chi connectivity index (χ3n) is 1.98. The molecule has 1 rings (SSSR count). The standard InChI is InChI=1S/C8H15N5O2S/c1-15-5-3-10-6(14)2-4-13-7(9)11-12-8(13)16/h2-5H2,1H3,(H2,9,11)(H,10,14)(H,12,16). The molecule has 0 fully saturated rings. The van der Waals surface area contributed by atoms with E-state index in [4.69, 9.17) is 22.7 Å². The van der Waals surface area contributed by atoms with Crippen molar-refractivity contribution in [2.45, 2.75) is 13.0 Å². The molecule has 16 heavy (non-hydrogen) atoms. The van der Waals surface area contributed by atoms with Gasteiger partial charge in [-0.3, -0.25) is 9.36 Å². The van der Waals surface area contributed by atoms with Crippen molar-refractivity contribution in [1.82, 2.24) is 20.1 Å². The van der Waals surface area contributed by atoms with Gasteiger partial charge in [0.15, 0.2) is 4.77 Å². The maximum atomic E-state index is 11.4. The molecule has 0 bridgehead atoms. The molecule has 0 saturated heterocycles. The number of amides is 1. The van der Waals surface area contributed by atoms with Crippen LogP contribution in [0.5, 0.6) is 0 Å². The Morgan fingerprint density at radius 1 is 1.75 bits per heavy atom. The van der Waals surface area contributed by atoms with Gasteiger partial charge in [-0.1, -0.05) is 0 Å². The Bertz CT molecular complexity index is 399. The number of hydrogen-bond acceptors (Lipinski definition) is 5. The molecule has 0 aliphatic rings. The summed E-state index contributed by atoms with van der Waals surface area (Å²) < 4.78 is 6.80. The lowest BCUT2D eigenvalue weighted by atomic mass is 10.4. The van der Waals surface area contributed by atoms with E-state index < -0.39 is 0 Å². The van der Waals surface area contributed by atoms with E-state index in [0.29, 0.717) is 30.9 Å². The van der Waals surface area contributed by atoms with Gasteiger partial charge in [0.1, 0.15) is 0 Å². The number of aromatic amines is 1. The number of H-pyrrole nitrogens is 1. The Kier molecular flexibility index (Phi) is 4.93. The first kappa shape index (κ1) is 12.7. The maximum absolute atomic E-state index is 11.4. The molecule has 0 aromatic carbocycles. The number of nitrogens with two attached hydrogens (primary N) is 1. The van der Waals surface area contributed by atoms with Gasteiger partial charge in [0.25, 0.3) is 0 Å². The average Bonchev–Trinajstić information content (AvgIpc) is 2.57. The second-order valence-corrected chi connectivity index (χ2v) is 3.52. The Hall–Kier alpha value is -1.41. The first-order chi connectivity index (χ1) is 7.65. The minimum absolute atomic E-state index is 0.0699. The summed E-state index contributed by atoms with van der Waals surface area (Å²) in [6.45, 7) is 1.42. The highest BCUT2D eigenvalue weighted by molar-refractivity contribution is 7.71. The third kappa shape index (κ3) is 3.63. The molecule has 0 saturated carbocycles. The molecule has 90 valence electrons. The summed E-state index contributed by atoms with van der Waals surface area (Å²) in [5, 5.41) is 9.00. The summed E-state index contributed by atoms with van der Waals surface area (Å²) in [7, 11) is 1.58. The van der Waals surface area contributed by atoms with Gasteiger partial charge in [0, 0.05) is 26.6 Å². The molecule has 1 amide bonds. The zero-order chi connectivity index (χ0) is 12.0. The Balaban J connectivity index is 2.34. The zero-order valence-electron chi connectivity index (χ0n) is 9.02. The Morgan fingerprint density at radius 2 is 2.50 bits per heavy atom. The van der Waals surface area contributed by atoms with Gasteiger partial charge in [-0.2, -0.15) is 0 Å². The van der Waals surface area contributed by atoms with Gasteiger partial charge < -0.3 is 15.8 Å². The van der Waals surface area contributed by atoms with Crippen LogP contribution in [-0.2, 0) is 16.1 Å². The van der Waals surface area contributed by atoms with Crippen molar-refractivity contribution in [2.75, 3.05) is 26.0 Å². The van der Waals surface area contributed by atoms with E-state index in [1.54, 1.807) is 11.7 Å². The number of ether oxygens (including phenoxy) is 1. The number of methoxy groups -OCH3 is 1. The van der Waals surface area contributed by atoms with Crippen LogP contribution in [0, 0.1) is 4.77 Å². The predicted molar refractivity (Wildman–Crippen MR) is 61.3 cm³/mol. The van der Waals surface area contributed by atoms with Crippen molar-refractivity contribution in [2.24, 2.45) is 0 Å². The summed E-state index contributed by atoms with van der Waals surface area (Å²) in [5.74, 6) is 0.217. The van der Waals surface area contributed by atoms with E-state index >= 15 is 0 Å². The van der Waals surface area contributed by atoms with Gasteiger partial charge in [-0.15, -0.1) is 5.10 Å². The number of nitrogen functional groups attached to an aromatic ring is 1. The smallest absolute Gasteiger partial charge is 0.221 e. The number of rotatable bonds is 6. The summed E-state index contributed by atoms with van der Waals surface area (Å²) >= 11 is 4.94. The Labute approximate surface area is 98.0 Å². The third-order valence-corrected chi connectivity index (χ3v) is 2.29. The van der Waals surface area contributed by atoms with Gasteiger partial charge in [0.2, 0.25) is 11.9 Å². The van der Waals surface area contributed by atoms with Crippen molar-refractivity contribution in [1.29, 1.82) is 0 Å². The molecule has 1 aromatic rings. The maximum Gasteiger partial charge on any atom is 0.221 e. The number of nitrogens with one attached hydrogen (secondary N) is 2. The monoisotopic (exact) mass is 245 g/mol. The zero-order valence-corrected chi connectivity index (χ0v) is 9.84. The van der Waals surface area contributed by atoms with Gasteiger partial charge in [-0.25, -0.2) is 5.10 Å². The fourth-order valence-corrected chi connectivity index (χ4v) is 1.37. The normalized spacial score (nSPS) is 10.3. The Morgan fingerprint density at radius 3 is 3.06 bits per heavy atom. The van der Waals surface area contributed by atoms with E-state index in [9.17, 15) is 4.79 Å². The molecular formula is C8H15N5O2S. The highest BCUT2D eigenvalue weighted by Gasteiger charge is 2.05. The molecule has 8 heteroatoms. The van der Waals surface area contributed by atoms with Crippen LogP contribution >= 0.6 is 12.2 Å². The number of carbonyl (C=O) groups is 1. The first-order valence-corrected chi connectivity index (χ1v) is 5.22. The molecular weight excluding hydrogens is 230 g/mol. The molecule has 0 unspecified atom stereocenters. The van der Waals surface area contributed by atoms with Crippen molar-refractivity contribution in [3.63, 3.8) is 0 Å². The van der Waals surface area contributed by atoms with E-state index in [0.717, 1.165) is 0 Å². The van der Waals surface area contributed by atoms with Crippen molar-refractivity contribution < 1.29 is 9.53 Å². The molecule has 1 heterocycles. The fourth-order valence-electron chi connectivity index (χ4n) is 1.14. The van der Waals surface area contributed by atoms with Crippen molar-refractivity contribution in [3.8, 4) is 0 Å². The number of hydrogen-bond donors (Lipinski definition) is 3. The van der Waals surface area contributed by atoms with Crippen LogP contribution in [0.3, 0.4) is 0 Å². The lowest BCUT2D eigenvalue weighted by molar-refractivity contribution is -0.121. The van der Waals surface area contributed by atoms with Gasteiger partial charge in [0.05, 0.1) is 6.61 Å². The second kappa shape index (κ2) is 6.23. The average molecular weight is 245 g/mol. The molecule has 1 aromatic heterocycles. The van der Waals surface area contributed by atoms with Crippen LogP contribution in [0.2, 0.25) is 0 Å². The van der Waals surface area contributed by atoms with Crippen LogP contribution < -0.4 is 11.1 Å². The van der Waals surface area contributed by atoms with Crippen LogP contribution in [0.1, 0.15) is 6.42 Å².